The molecule has 2 aliphatic carbocycles. The minimum Gasteiger partial charge on any atom is -0.399 e. The highest BCUT2D eigenvalue weighted by Crippen LogP contribution is 2.48. The van der Waals surface area contributed by atoms with Gasteiger partial charge in [0, 0.05) is 22.9 Å². The molecule has 1 aromatic rings. The Morgan fingerprint density at radius 1 is 1.31 bits per heavy atom. The maximum Gasteiger partial charge on any atom is 0.257 e. The van der Waals surface area contributed by atoms with E-state index in [1.165, 1.54) is 24.2 Å². The van der Waals surface area contributed by atoms with Crippen molar-refractivity contribution >= 4 is 17.5 Å². The molecule has 6 rings (SSSR count). The van der Waals surface area contributed by atoms with Gasteiger partial charge in [0.05, 0.1) is 5.66 Å². The maximum absolute atomic E-state index is 12.7. The fourth-order valence-electron chi connectivity index (χ4n) is 5.77. The SMILES string of the molecule is Nc1ccc2c(c1)C(O)N(CC(=O)N[C@@]13C[C@@H]4C[C@@H](C[C@H](C4)N1)C3)C2=O. The normalized spacial score (nSPS) is 37.1. The zero-order chi connectivity index (χ0) is 18.1. The first-order chi connectivity index (χ1) is 12.4. The molecule has 26 heavy (non-hydrogen) atoms. The van der Waals surface area contributed by atoms with Crippen LogP contribution in [0.1, 0.15) is 54.3 Å². The molecule has 5 atom stereocenters. The van der Waals surface area contributed by atoms with Gasteiger partial charge in [0.15, 0.2) is 6.23 Å². The second-order valence-electron chi connectivity index (χ2n) is 8.47. The number of fused-ring (bicyclic) bond motifs is 1. The van der Waals surface area contributed by atoms with Crippen molar-refractivity contribution in [1.82, 2.24) is 15.5 Å². The molecule has 7 nitrogen and oxygen atoms in total. The highest BCUT2D eigenvalue weighted by Gasteiger charge is 2.51. The Balaban J connectivity index is 1.30. The van der Waals surface area contributed by atoms with Crippen molar-refractivity contribution in [3.63, 3.8) is 0 Å². The van der Waals surface area contributed by atoms with Crippen LogP contribution in [0.15, 0.2) is 18.2 Å². The summed E-state index contributed by atoms with van der Waals surface area (Å²) in [7, 11) is 0. The quantitative estimate of drug-likeness (QED) is 0.597. The summed E-state index contributed by atoms with van der Waals surface area (Å²) in [5.74, 6) is 0.800. The molecule has 7 heteroatoms. The molecule has 3 aliphatic heterocycles. The smallest absolute Gasteiger partial charge is 0.257 e. The number of benzene rings is 1. The zero-order valence-electron chi connectivity index (χ0n) is 14.6. The number of anilines is 1. The van der Waals surface area contributed by atoms with Gasteiger partial charge < -0.3 is 16.2 Å². The molecule has 1 aromatic carbocycles. The monoisotopic (exact) mass is 356 g/mol. The van der Waals surface area contributed by atoms with Crippen LogP contribution in [0.5, 0.6) is 0 Å². The van der Waals surface area contributed by atoms with Crippen LogP contribution in [-0.4, -0.2) is 40.1 Å². The largest absolute Gasteiger partial charge is 0.399 e. The molecular formula is C19H24N4O3. The van der Waals surface area contributed by atoms with Gasteiger partial charge in [0.2, 0.25) is 5.91 Å². The van der Waals surface area contributed by atoms with E-state index >= 15 is 0 Å². The standard InChI is InChI=1S/C19H24N4O3/c20-12-1-2-14-15(6-12)18(26)23(17(14)25)9-16(24)22-19-7-10-3-11(8-19)5-13(4-10)21-19/h1-2,6,10-11,13,18,21,26H,3-5,7-9,20H2,(H,22,24)/t10-,11+,13+,18?,19-. The van der Waals surface area contributed by atoms with Gasteiger partial charge >= 0.3 is 0 Å². The van der Waals surface area contributed by atoms with Crippen molar-refractivity contribution in [3.05, 3.63) is 29.3 Å². The summed E-state index contributed by atoms with van der Waals surface area (Å²) in [6, 6.07) is 5.32. The number of rotatable bonds is 3. The molecule has 5 N–H and O–H groups in total. The highest BCUT2D eigenvalue weighted by molar-refractivity contribution is 6.01. The summed E-state index contributed by atoms with van der Waals surface area (Å²) in [5, 5.41) is 17.2. The van der Waals surface area contributed by atoms with E-state index in [9.17, 15) is 14.7 Å². The van der Waals surface area contributed by atoms with Crippen LogP contribution in [0.25, 0.3) is 0 Å². The van der Waals surface area contributed by atoms with Crippen molar-refractivity contribution in [3.8, 4) is 0 Å². The third-order valence-corrected chi connectivity index (χ3v) is 6.49. The summed E-state index contributed by atoms with van der Waals surface area (Å²) < 4.78 is 0. The van der Waals surface area contributed by atoms with E-state index in [-0.39, 0.29) is 24.0 Å². The van der Waals surface area contributed by atoms with Crippen molar-refractivity contribution in [2.24, 2.45) is 11.8 Å². The number of aliphatic hydroxyl groups excluding tert-OH is 1. The van der Waals surface area contributed by atoms with E-state index < -0.39 is 6.23 Å². The number of aliphatic hydroxyl groups is 1. The van der Waals surface area contributed by atoms with Crippen LogP contribution in [0.2, 0.25) is 0 Å². The fourth-order valence-corrected chi connectivity index (χ4v) is 5.77. The van der Waals surface area contributed by atoms with Crippen molar-refractivity contribution in [1.29, 1.82) is 0 Å². The number of carbonyl (C=O) groups excluding carboxylic acids is 2. The Morgan fingerprint density at radius 3 is 2.73 bits per heavy atom. The number of hydrogen-bond acceptors (Lipinski definition) is 5. The van der Waals surface area contributed by atoms with Gasteiger partial charge in [-0.1, -0.05) is 0 Å². The molecular weight excluding hydrogens is 332 g/mol. The Morgan fingerprint density at radius 2 is 2.04 bits per heavy atom. The minimum atomic E-state index is -1.13. The van der Waals surface area contributed by atoms with E-state index in [2.05, 4.69) is 10.6 Å². The van der Waals surface area contributed by atoms with Gasteiger partial charge in [-0.3, -0.25) is 19.8 Å². The predicted molar refractivity (Wildman–Crippen MR) is 94.7 cm³/mol. The highest BCUT2D eigenvalue weighted by atomic mass is 16.3. The molecule has 2 saturated carbocycles. The summed E-state index contributed by atoms with van der Waals surface area (Å²) in [5.41, 5.74) is 6.78. The van der Waals surface area contributed by atoms with Gasteiger partial charge in [-0.15, -0.1) is 0 Å². The van der Waals surface area contributed by atoms with Crippen LogP contribution in [0.4, 0.5) is 5.69 Å². The lowest BCUT2D eigenvalue weighted by atomic mass is 9.62. The third-order valence-electron chi connectivity index (χ3n) is 6.49. The Bertz CT molecular complexity index is 758. The van der Waals surface area contributed by atoms with E-state index in [1.807, 2.05) is 0 Å². The van der Waals surface area contributed by atoms with E-state index in [4.69, 9.17) is 5.73 Å². The van der Waals surface area contributed by atoms with E-state index in [0.717, 1.165) is 12.8 Å². The number of nitrogens with zero attached hydrogens (tertiary/aromatic N) is 1. The molecule has 4 fully saturated rings. The Kier molecular flexibility index (Phi) is 3.36. The van der Waals surface area contributed by atoms with Gasteiger partial charge in [0.1, 0.15) is 6.54 Å². The maximum atomic E-state index is 12.7. The van der Waals surface area contributed by atoms with E-state index in [0.29, 0.717) is 34.7 Å². The number of nitrogen functional groups attached to an aromatic ring is 1. The first kappa shape index (κ1) is 16.1. The molecule has 0 spiro atoms. The Hall–Kier alpha value is -2.12. The molecule has 0 aromatic heterocycles. The number of carbonyl (C=O) groups is 2. The first-order valence-corrected chi connectivity index (χ1v) is 9.40. The Labute approximate surface area is 151 Å². The minimum absolute atomic E-state index is 0.155. The van der Waals surface area contributed by atoms with Gasteiger partial charge in [-0.25, -0.2) is 0 Å². The van der Waals surface area contributed by atoms with Gasteiger partial charge in [-0.05, 0) is 62.1 Å². The van der Waals surface area contributed by atoms with Gasteiger partial charge in [-0.2, -0.15) is 0 Å². The fraction of sp³-hybridized carbons (Fsp3) is 0.579. The molecule has 1 unspecified atom stereocenters. The molecule has 138 valence electrons. The topological polar surface area (TPSA) is 108 Å². The number of nitrogens with one attached hydrogen (secondary N) is 2. The molecule has 3 heterocycles. The number of hydrogen-bond donors (Lipinski definition) is 4. The molecule has 5 aliphatic rings. The van der Waals surface area contributed by atoms with Crippen LogP contribution < -0.4 is 16.4 Å². The molecule has 0 radical (unpaired) electrons. The van der Waals surface area contributed by atoms with Crippen molar-refractivity contribution < 1.29 is 14.7 Å². The average molecular weight is 356 g/mol. The molecule has 4 bridgehead atoms. The summed E-state index contributed by atoms with van der Waals surface area (Å²) in [6.45, 7) is -0.155. The summed E-state index contributed by atoms with van der Waals surface area (Å²) in [6.07, 6.45) is 4.46. The van der Waals surface area contributed by atoms with Gasteiger partial charge in [0.25, 0.3) is 5.91 Å². The van der Waals surface area contributed by atoms with Crippen LogP contribution in [-0.2, 0) is 4.79 Å². The summed E-state index contributed by atoms with van der Waals surface area (Å²) >= 11 is 0. The first-order valence-electron chi connectivity index (χ1n) is 9.40. The van der Waals surface area contributed by atoms with Crippen LogP contribution in [0, 0.1) is 11.8 Å². The van der Waals surface area contributed by atoms with Crippen molar-refractivity contribution in [2.45, 2.75) is 50.0 Å². The second kappa shape index (κ2) is 5.44. The lowest BCUT2D eigenvalue weighted by Crippen LogP contribution is -2.71. The summed E-state index contributed by atoms with van der Waals surface area (Å²) in [4.78, 5) is 26.5. The predicted octanol–water partition coefficient (Wildman–Crippen LogP) is 0.710. The lowest BCUT2D eigenvalue weighted by Gasteiger charge is -2.57. The lowest BCUT2D eigenvalue weighted by molar-refractivity contribution is -0.130. The van der Waals surface area contributed by atoms with E-state index in [1.54, 1.807) is 18.2 Å². The van der Waals surface area contributed by atoms with Crippen molar-refractivity contribution in [2.75, 3.05) is 12.3 Å². The number of piperidine rings is 2. The van der Waals surface area contributed by atoms with Crippen LogP contribution in [0.3, 0.4) is 0 Å². The number of amides is 2. The van der Waals surface area contributed by atoms with Crippen LogP contribution >= 0.6 is 0 Å². The molecule has 2 saturated heterocycles. The zero-order valence-corrected chi connectivity index (χ0v) is 14.6. The number of nitrogens with two attached hydrogens (primary N) is 1. The third kappa shape index (κ3) is 2.41. The molecule has 2 amide bonds. The average Bonchev–Trinajstić information content (AvgIpc) is 2.77. The second-order valence-corrected chi connectivity index (χ2v) is 8.47.